The molecule has 0 aromatic carbocycles. The molecule has 1 saturated carbocycles. The van der Waals surface area contributed by atoms with Gasteiger partial charge in [-0.2, -0.15) is 0 Å². The first-order valence-electron chi connectivity index (χ1n) is 8.28. The number of hydrogen-bond donors (Lipinski definition) is 1. The number of rotatable bonds is 3. The summed E-state index contributed by atoms with van der Waals surface area (Å²) in [5.41, 5.74) is 1.33. The predicted octanol–water partition coefficient (Wildman–Crippen LogP) is 4.34. The number of aliphatic hydroxyl groups excluding tert-OH is 1. The Hall–Kier alpha value is -0.450. The summed E-state index contributed by atoms with van der Waals surface area (Å²) in [6, 6.07) is 0. The molecule has 0 bridgehead atoms. The third-order valence-electron chi connectivity index (χ3n) is 5.14. The van der Waals surface area contributed by atoms with Crippen molar-refractivity contribution in [2.75, 3.05) is 6.61 Å². The summed E-state index contributed by atoms with van der Waals surface area (Å²) >= 11 is 1.70. The molecule has 0 amide bonds. The molecule has 1 atom stereocenters. The number of nitrogens with zero attached hydrogens (tertiary/aromatic N) is 1. The fourth-order valence-electron chi connectivity index (χ4n) is 3.62. The zero-order valence-electron chi connectivity index (χ0n) is 13.4. The van der Waals surface area contributed by atoms with Crippen LogP contribution in [0.1, 0.15) is 81.0 Å². The summed E-state index contributed by atoms with van der Waals surface area (Å²) in [5, 5.41) is 11.3. The first-order valence-corrected chi connectivity index (χ1v) is 9.09. The van der Waals surface area contributed by atoms with Crippen LogP contribution in [0.5, 0.6) is 0 Å². The summed E-state index contributed by atoms with van der Waals surface area (Å²) in [6.07, 6.45) is 7.09. The molecule has 0 spiro atoms. The molecule has 118 valence electrons. The minimum atomic E-state index is -0.307. The lowest BCUT2D eigenvalue weighted by Crippen LogP contribution is -2.37. The molecule has 2 aliphatic carbocycles. The van der Waals surface area contributed by atoms with Gasteiger partial charge in [-0.3, -0.25) is 0 Å². The number of aromatic nitrogens is 1. The first kappa shape index (κ1) is 15.4. The van der Waals surface area contributed by atoms with Gasteiger partial charge in [-0.1, -0.05) is 13.8 Å². The Balaban J connectivity index is 1.91. The summed E-state index contributed by atoms with van der Waals surface area (Å²) in [4.78, 5) is 5.99. The van der Waals surface area contributed by atoms with Gasteiger partial charge in [0.05, 0.1) is 16.7 Å². The van der Waals surface area contributed by atoms with Crippen LogP contribution >= 0.6 is 11.3 Å². The summed E-state index contributed by atoms with van der Waals surface area (Å²) < 4.78 is 6.23. The van der Waals surface area contributed by atoms with Crippen LogP contribution in [0.3, 0.4) is 0 Å². The largest absolute Gasteiger partial charge is 0.388 e. The maximum atomic E-state index is 10.2. The Labute approximate surface area is 131 Å². The van der Waals surface area contributed by atoms with Crippen molar-refractivity contribution in [3.05, 3.63) is 15.6 Å². The zero-order valence-corrected chi connectivity index (χ0v) is 14.3. The lowest BCUT2D eigenvalue weighted by molar-refractivity contribution is -0.0891. The van der Waals surface area contributed by atoms with E-state index >= 15 is 0 Å². The molecule has 0 radical (unpaired) electrons. The van der Waals surface area contributed by atoms with E-state index in [0.29, 0.717) is 5.41 Å². The number of fused-ring (bicyclic) bond motifs is 1. The van der Waals surface area contributed by atoms with E-state index in [-0.39, 0.29) is 11.7 Å². The molecule has 3 rings (SSSR count). The highest BCUT2D eigenvalue weighted by molar-refractivity contribution is 7.12. The molecule has 0 aliphatic heterocycles. The van der Waals surface area contributed by atoms with E-state index in [9.17, 15) is 5.11 Å². The van der Waals surface area contributed by atoms with E-state index in [4.69, 9.17) is 9.72 Å². The summed E-state index contributed by atoms with van der Waals surface area (Å²) in [6.45, 7) is 7.50. The molecule has 2 aliphatic rings. The van der Waals surface area contributed by atoms with Gasteiger partial charge in [-0.25, -0.2) is 4.98 Å². The molecular formula is C17H27NO2S. The van der Waals surface area contributed by atoms with Crippen molar-refractivity contribution in [1.29, 1.82) is 0 Å². The minimum absolute atomic E-state index is 0.202. The van der Waals surface area contributed by atoms with E-state index in [0.717, 1.165) is 54.3 Å². The van der Waals surface area contributed by atoms with E-state index in [1.54, 1.807) is 11.3 Å². The number of hydrogen-bond acceptors (Lipinski definition) is 4. The van der Waals surface area contributed by atoms with Crippen LogP contribution in [-0.4, -0.2) is 16.7 Å². The second-order valence-electron chi connectivity index (χ2n) is 7.33. The molecule has 1 unspecified atom stereocenters. The van der Waals surface area contributed by atoms with Gasteiger partial charge >= 0.3 is 0 Å². The SMILES string of the molecule is CCOC1(c2nc3c(s2)C(O)CCC3)CCC(C)(C)CC1. The van der Waals surface area contributed by atoms with Gasteiger partial charge in [0.25, 0.3) is 0 Å². The van der Waals surface area contributed by atoms with Crippen LogP contribution in [0.25, 0.3) is 0 Å². The Morgan fingerprint density at radius 2 is 2.00 bits per heavy atom. The van der Waals surface area contributed by atoms with Gasteiger partial charge in [0.15, 0.2) is 0 Å². The van der Waals surface area contributed by atoms with Gasteiger partial charge in [-0.05, 0) is 57.3 Å². The third-order valence-corrected chi connectivity index (χ3v) is 6.53. The van der Waals surface area contributed by atoms with Crippen LogP contribution in [0.4, 0.5) is 0 Å². The van der Waals surface area contributed by atoms with Crippen LogP contribution in [0, 0.1) is 5.41 Å². The first-order chi connectivity index (χ1) is 9.96. The van der Waals surface area contributed by atoms with E-state index in [1.165, 1.54) is 12.8 Å². The molecule has 1 aromatic heterocycles. The Morgan fingerprint density at radius 1 is 1.29 bits per heavy atom. The van der Waals surface area contributed by atoms with Gasteiger partial charge in [0.2, 0.25) is 0 Å². The smallest absolute Gasteiger partial charge is 0.125 e. The summed E-state index contributed by atoms with van der Waals surface area (Å²) in [7, 11) is 0. The quantitative estimate of drug-likeness (QED) is 0.903. The topological polar surface area (TPSA) is 42.4 Å². The lowest BCUT2D eigenvalue weighted by Gasteiger charge is -2.42. The number of ether oxygens (including phenoxy) is 1. The standard InChI is InChI=1S/C17H27NO2S/c1-4-20-17(10-8-16(2,3)9-11-17)15-18-12-6-5-7-13(19)14(12)21-15/h13,19H,4-11H2,1-3H3. The van der Waals surface area contributed by atoms with Gasteiger partial charge in [0, 0.05) is 6.61 Å². The number of aliphatic hydroxyl groups is 1. The van der Waals surface area contributed by atoms with E-state index < -0.39 is 0 Å². The van der Waals surface area contributed by atoms with Crippen molar-refractivity contribution in [3.8, 4) is 0 Å². The normalized spacial score (nSPS) is 27.3. The number of aryl methyl sites for hydroxylation is 1. The molecule has 1 heterocycles. The highest BCUT2D eigenvalue weighted by Gasteiger charge is 2.43. The Bertz CT molecular complexity index is 499. The van der Waals surface area contributed by atoms with Gasteiger partial charge < -0.3 is 9.84 Å². The van der Waals surface area contributed by atoms with Crippen molar-refractivity contribution in [2.24, 2.45) is 5.41 Å². The second-order valence-corrected chi connectivity index (χ2v) is 8.36. The molecule has 21 heavy (non-hydrogen) atoms. The van der Waals surface area contributed by atoms with Crippen LogP contribution in [0.2, 0.25) is 0 Å². The van der Waals surface area contributed by atoms with Gasteiger partial charge in [0.1, 0.15) is 10.6 Å². The van der Waals surface area contributed by atoms with E-state index in [2.05, 4.69) is 20.8 Å². The monoisotopic (exact) mass is 309 g/mol. The second kappa shape index (κ2) is 5.64. The van der Waals surface area contributed by atoms with E-state index in [1.807, 2.05) is 0 Å². The lowest BCUT2D eigenvalue weighted by atomic mass is 9.71. The maximum absolute atomic E-state index is 10.2. The predicted molar refractivity (Wildman–Crippen MR) is 85.6 cm³/mol. The minimum Gasteiger partial charge on any atom is -0.388 e. The Morgan fingerprint density at radius 3 is 2.62 bits per heavy atom. The summed E-state index contributed by atoms with van der Waals surface area (Å²) in [5.74, 6) is 0. The van der Waals surface area contributed by atoms with Crippen LogP contribution in [0.15, 0.2) is 0 Å². The molecule has 1 aromatic rings. The molecular weight excluding hydrogens is 282 g/mol. The highest BCUT2D eigenvalue weighted by Crippen LogP contribution is 2.49. The van der Waals surface area contributed by atoms with Crippen molar-refractivity contribution in [1.82, 2.24) is 4.98 Å². The molecule has 1 fully saturated rings. The van der Waals surface area contributed by atoms with Crippen LogP contribution < -0.4 is 0 Å². The van der Waals surface area contributed by atoms with Crippen molar-refractivity contribution in [2.45, 2.75) is 77.4 Å². The molecule has 3 nitrogen and oxygen atoms in total. The average molecular weight is 309 g/mol. The maximum Gasteiger partial charge on any atom is 0.125 e. The molecule has 1 N–H and O–H groups in total. The molecule has 0 saturated heterocycles. The fraction of sp³-hybridized carbons (Fsp3) is 0.824. The third kappa shape index (κ3) is 2.90. The van der Waals surface area contributed by atoms with Gasteiger partial charge in [-0.15, -0.1) is 11.3 Å². The molecule has 4 heteroatoms. The van der Waals surface area contributed by atoms with Crippen molar-refractivity contribution in [3.63, 3.8) is 0 Å². The van der Waals surface area contributed by atoms with Crippen molar-refractivity contribution >= 4 is 11.3 Å². The highest BCUT2D eigenvalue weighted by atomic mass is 32.1. The average Bonchev–Trinajstić information content (AvgIpc) is 2.88. The fourth-order valence-corrected chi connectivity index (χ4v) is 4.95. The van der Waals surface area contributed by atoms with Crippen molar-refractivity contribution < 1.29 is 9.84 Å². The zero-order chi connectivity index (χ0) is 15.1. The van der Waals surface area contributed by atoms with Crippen LogP contribution in [-0.2, 0) is 16.8 Å². The number of thiazole rings is 1. The Kier molecular flexibility index (Phi) is 4.15.